The molecular formula is C27H29Cl2N5O5. The predicted molar refractivity (Wildman–Crippen MR) is 151 cm³/mol. The minimum absolute atomic E-state index is 0.0908. The molecule has 1 aromatic carbocycles. The van der Waals surface area contributed by atoms with E-state index < -0.39 is 0 Å². The van der Waals surface area contributed by atoms with Crippen LogP contribution in [0.5, 0.6) is 11.5 Å². The highest BCUT2D eigenvalue weighted by atomic mass is 35.5. The lowest BCUT2D eigenvalue weighted by Crippen LogP contribution is -2.45. The van der Waals surface area contributed by atoms with Crippen molar-refractivity contribution in [3.05, 3.63) is 47.1 Å². The van der Waals surface area contributed by atoms with E-state index in [9.17, 15) is 4.79 Å². The van der Waals surface area contributed by atoms with Crippen LogP contribution < -0.4 is 25.4 Å². The Bertz CT molecular complexity index is 1370. The molecule has 4 heterocycles. The molecule has 2 aliphatic rings. The fourth-order valence-corrected chi connectivity index (χ4v) is 5.38. The van der Waals surface area contributed by atoms with Gasteiger partial charge in [0.25, 0.3) is 0 Å². The van der Waals surface area contributed by atoms with E-state index in [4.69, 9.17) is 47.1 Å². The van der Waals surface area contributed by atoms with Crippen molar-refractivity contribution in [3.8, 4) is 22.8 Å². The van der Waals surface area contributed by atoms with Gasteiger partial charge in [-0.2, -0.15) is 0 Å². The Morgan fingerprint density at radius 1 is 1.05 bits per heavy atom. The van der Waals surface area contributed by atoms with E-state index in [1.807, 2.05) is 12.1 Å². The number of carbonyl (C=O) groups excluding carboxylic acids is 1. The molecule has 3 aromatic rings. The highest BCUT2D eigenvalue weighted by Crippen LogP contribution is 2.46. The number of hydrogen-bond acceptors (Lipinski definition) is 9. The van der Waals surface area contributed by atoms with Gasteiger partial charge in [0, 0.05) is 35.2 Å². The van der Waals surface area contributed by atoms with Crippen molar-refractivity contribution < 1.29 is 23.7 Å². The summed E-state index contributed by atoms with van der Waals surface area (Å²) in [5.41, 5.74) is 1.03. The third kappa shape index (κ3) is 5.69. The molecule has 1 amide bonds. The number of nitrogens with one attached hydrogen (secondary N) is 3. The summed E-state index contributed by atoms with van der Waals surface area (Å²) in [6.07, 6.45) is 3.85. The zero-order valence-electron chi connectivity index (χ0n) is 21.6. The molecule has 12 heteroatoms. The first-order valence-electron chi connectivity index (χ1n) is 12.4. The Kier molecular flexibility index (Phi) is 8.27. The van der Waals surface area contributed by atoms with Gasteiger partial charge in [0.15, 0.2) is 0 Å². The summed E-state index contributed by atoms with van der Waals surface area (Å²) in [6.45, 7) is 5.59. The quantitative estimate of drug-likeness (QED) is 0.322. The van der Waals surface area contributed by atoms with Crippen LogP contribution in [0.2, 0.25) is 10.0 Å². The maximum absolute atomic E-state index is 11.8. The van der Waals surface area contributed by atoms with Crippen LogP contribution in [0.4, 0.5) is 11.6 Å². The van der Waals surface area contributed by atoms with Gasteiger partial charge in [0.2, 0.25) is 5.91 Å². The molecule has 0 aliphatic carbocycles. The van der Waals surface area contributed by atoms with Crippen molar-refractivity contribution in [2.45, 2.75) is 24.5 Å². The van der Waals surface area contributed by atoms with Crippen LogP contribution in [0.1, 0.15) is 6.42 Å². The maximum atomic E-state index is 11.8. The highest BCUT2D eigenvalue weighted by molar-refractivity contribution is 6.41. The summed E-state index contributed by atoms with van der Waals surface area (Å²) in [6, 6.07) is 5.15. The molecule has 5 rings (SSSR count). The Morgan fingerprint density at radius 3 is 2.46 bits per heavy atom. The molecule has 0 spiro atoms. The van der Waals surface area contributed by atoms with Gasteiger partial charge in [-0.15, -0.1) is 0 Å². The van der Waals surface area contributed by atoms with Crippen LogP contribution >= 0.6 is 23.2 Å². The minimum Gasteiger partial charge on any atom is -0.495 e. The standard InChI is InChI=1S/C27H29Cl2N5O5/c1-4-23(35)33-19-13-39-12-18(19)32-22-8-16-14(10-30-22)7-17(34-27(16)31-15-5-6-38-11-15)24-25(28)20(36-2)9-21(37-3)26(24)29/h4,7-10,15,18-19H,1,5-6,11-13H2,2-3H3,(H,30,32)(H,31,34)(H,33,35)/t15?,18-,19+/m1/s1. The summed E-state index contributed by atoms with van der Waals surface area (Å²) < 4.78 is 22.1. The van der Waals surface area contributed by atoms with Crippen LogP contribution in [-0.2, 0) is 14.3 Å². The van der Waals surface area contributed by atoms with Crippen LogP contribution in [0.25, 0.3) is 22.0 Å². The number of anilines is 2. The van der Waals surface area contributed by atoms with Crippen LogP contribution in [-0.4, -0.2) is 74.6 Å². The second-order valence-corrected chi connectivity index (χ2v) is 10.00. The molecule has 3 atom stereocenters. The molecule has 3 N–H and O–H groups in total. The lowest BCUT2D eigenvalue weighted by atomic mass is 10.1. The average Bonchev–Trinajstić information content (AvgIpc) is 3.61. The molecule has 10 nitrogen and oxygen atoms in total. The number of aromatic nitrogens is 2. The summed E-state index contributed by atoms with van der Waals surface area (Å²) >= 11 is 13.4. The number of methoxy groups -OCH3 is 2. The number of benzene rings is 1. The van der Waals surface area contributed by atoms with E-state index in [-0.39, 0.29) is 24.0 Å². The molecule has 2 saturated heterocycles. The van der Waals surface area contributed by atoms with Gasteiger partial charge in [-0.3, -0.25) is 4.79 Å². The van der Waals surface area contributed by atoms with Crippen molar-refractivity contribution in [2.24, 2.45) is 0 Å². The zero-order valence-corrected chi connectivity index (χ0v) is 23.1. The Morgan fingerprint density at radius 2 is 1.79 bits per heavy atom. The van der Waals surface area contributed by atoms with Gasteiger partial charge in [0.05, 0.1) is 67.9 Å². The molecular weight excluding hydrogens is 545 g/mol. The Labute approximate surface area is 236 Å². The van der Waals surface area contributed by atoms with E-state index in [1.54, 1.807) is 12.3 Å². The second kappa shape index (κ2) is 11.8. The number of ether oxygens (including phenoxy) is 4. The molecule has 39 heavy (non-hydrogen) atoms. The largest absolute Gasteiger partial charge is 0.495 e. The first kappa shape index (κ1) is 27.3. The van der Waals surface area contributed by atoms with Crippen molar-refractivity contribution in [1.82, 2.24) is 15.3 Å². The monoisotopic (exact) mass is 573 g/mol. The van der Waals surface area contributed by atoms with E-state index in [1.165, 1.54) is 20.3 Å². The third-order valence-corrected chi connectivity index (χ3v) is 7.49. The number of halogens is 2. The molecule has 2 aromatic heterocycles. The Balaban J connectivity index is 1.56. The molecule has 206 valence electrons. The number of carbonyl (C=O) groups is 1. The number of hydrogen-bond donors (Lipinski definition) is 3. The van der Waals surface area contributed by atoms with E-state index in [2.05, 4.69) is 27.5 Å². The van der Waals surface area contributed by atoms with Gasteiger partial charge in [0.1, 0.15) is 23.1 Å². The SMILES string of the molecule is C=CC(=O)N[C@H]1COC[C@H]1Nc1cc2c(NC3CCOC3)nc(-c3c(Cl)c(OC)cc(OC)c3Cl)cc2cn1. The normalized spacial score (nSPS) is 20.6. The number of fused-ring (bicyclic) bond motifs is 1. The topological polar surface area (TPSA) is 116 Å². The number of pyridine rings is 2. The number of amides is 1. The van der Waals surface area contributed by atoms with Crippen molar-refractivity contribution >= 4 is 51.5 Å². The summed E-state index contributed by atoms with van der Waals surface area (Å²) in [5.74, 6) is 1.84. The first-order valence-corrected chi connectivity index (χ1v) is 13.2. The van der Waals surface area contributed by atoms with Gasteiger partial charge >= 0.3 is 0 Å². The van der Waals surface area contributed by atoms with Gasteiger partial charge in [-0.1, -0.05) is 29.8 Å². The first-order chi connectivity index (χ1) is 18.9. The lowest BCUT2D eigenvalue weighted by Gasteiger charge is -2.21. The van der Waals surface area contributed by atoms with Gasteiger partial charge in [-0.25, -0.2) is 9.97 Å². The molecule has 2 aliphatic heterocycles. The fraction of sp³-hybridized carbons (Fsp3) is 0.370. The van der Waals surface area contributed by atoms with Gasteiger partial charge in [-0.05, 0) is 24.6 Å². The fourth-order valence-electron chi connectivity index (χ4n) is 4.69. The third-order valence-electron chi connectivity index (χ3n) is 6.74. The van der Waals surface area contributed by atoms with E-state index in [0.29, 0.717) is 70.9 Å². The van der Waals surface area contributed by atoms with Crippen LogP contribution in [0.15, 0.2) is 37.1 Å². The smallest absolute Gasteiger partial charge is 0.243 e. The van der Waals surface area contributed by atoms with Crippen molar-refractivity contribution in [3.63, 3.8) is 0 Å². The molecule has 0 radical (unpaired) electrons. The number of nitrogens with zero attached hydrogens (tertiary/aromatic N) is 2. The summed E-state index contributed by atoms with van der Waals surface area (Å²) in [5, 5.41) is 12.1. The molecule has 0 saturated carbocycles. The van der Waals surface area contributed by atoms with Crippen LogP contribution in [0, 0.1) is 0 Å². The minimum atomic E-state index is -0.253. The van der Waals surface area contributed by atoms with Crippen molar-refractivity contribution in [1.29, 1.82) is 0 Å². The van der Waals surface area contributed by atoms with E-state index >= 15 is 0 Å². The highest BCUT2D eigenvalue weighted by Gasteiger charge is 2.30. The average molecular weight is 574 g/mol. The Hall–Kier alpha value is -3.31. The van der Waals surface area contributed by atoms with Crippen LogP contribution in [0.3, 0.4) is 0 Å². The molecule has 0 bridgehead atoms. The summed E-state index contributed by atoms with van der Waals surface area (Å²) in [7, 11) is 3.06. The zero-order chi connectivity index (χ0) is 27.5. The summed E-state index contributed by atoms with van der Waals surface area (Å²) in [4.78, 5) is 21.4. The van der Waals surface area contributed by atoms with E-state index in [0.717, 1.165) is 17.2 Å². The lowest BCUT2D eigenvalue weighted by molar-refractivity contribution is -0.117. The van der Waals surface area contributed by atoms with Gasteiger partial charge < -0.3 is 34.9 Å². The predicted octanol–water partition coefficient (Wildman–Crippen LogP) is 4.30. The van der Waals surface area contributed by atoms with Crippen molar-refractivity contribution in [2.75, 3.05) is 51.3 Å². The maximum Gasteiger partial charge on any atom is 0.243 e. The number of rotatable bonds is 9. The second-order valence-electron chi connectivity index (χ2n) is 9.24. The molecule has 1 unspecified atom stereocenters. The molecule has 2 fully saturated rings.